The summed E-state index contributed by atoms with van der Waals surface area (Å²) in [6.45, 7) is 4.69. The van der Waals surface area contributed by atoms with Crippen molar-refractivity contribution in [3.63, 3.8) is 0 Å². The van der Waals surface area contributed by atoms with Crippen molar-refractivity contribution in [1.82, 2.24) is 10.2 Å². The zero-order valence-corrected chi connectivity index (χ0v) is 11.7. The van der Waals surface area contributed by atoms with Crippen molar-refractivity contribution in [1.29, 1.82) is 5.26 Å². The van der Waals surface area contributed by atoms with Crippen molar-refractivity contribution < 1.29 is 4.79 Å². The summed E-state index contributed by atoms with van der Waals surface area (Å²) in [5.41, 5.74) is 5.11. The highest BCUT2D eigenvalue weighted by Crippen LogP contribution is 2.27. The second kappa shape index (κ2) is 5.89. The number of carbonyl (C=O) groups excluding carboxylic acids is 1. The maximum absolute atomic E-state index is 11.7. The van der Waals surface area contributed by atoms with Crippen LogP contribution in [0.3, 0.4) is 0 Å². The number of hydrogen-bond acceptors (Lipinski definition) is 4. The maximum Gasteiger partial charge on any atom is 0.224 e. The Kier molecular flexibility index (Phi) is 4.43. The third-order valence-corrected chi connectivity index (χ3v) is 4.36. The minimum absolute atomic E-state index is 0.202. The fourth-order valence-electron chi connectivity index (χ4n) is 3.18. The van der Waals surface area contributed by atoms with Gasteiger partial charge in [-0.2, -0.15) is 5.26 Å². The Morgan fingerprint density at radius 3 is 3.11 bits per heavy atom. The van der Waals surface area contributed by atoms with Gasteiger partial charge in [0.2, 0.25) is 5.91 Å². The molecule has 106 valence electrons. The Labute approximate surface area is 115 Å². The molecule has 0 spiro atoms. The van der Waals surface area contributed by atoms with Crippen molar-refractivity contribution in [2.24, 2.45) is 11.7 Å². The Bertz CT molecular complexity index is 374. The summed E-state index contributed by atoms with van der Waals surface area (Å²) in [6, 6.07) is 2.52. The highest BCUT2D eigenvalue weighted by Gasteiger charge is 2.40. The lowest BCUT2D eigenvalue weighted by Gasteiger charge is -2.36. The average molecular weight is 264 g/mol. The van der Waals surface area contributed by atoms with E-state index in [-0.39, 0.29) is 11.8 Å². The van der Waals surface area contributed by atoms with E-state index in [1.54, 1.807) is 6.92 Å². The first-order chi connectivity index (χ1) is 9.03. The van der Waals surface area contributed by atoms with Crippen LogP contribution in [-0.2, 0) is 4.79 Å². The third-order valence-electron chi connectivity index (χ3n) is 4.36. The minimum Gasteiger partial charge on any atom is -0.354 e. The second-order valence-electron chi connectivity index (χ2n) is 6.08. The number of hydrogen-bond donors (Lipinski definition) is 2. The zero-order chi connectivity index (χ0) is 13.9. The number of nitrogens with zero attached hydrogens (tertiary/aromatic N) is 2. The van der Waals surface area contributed by atoms with Crippen LogP contribution in [0.4, 0.5) is 0 Å². The number of nitrogens with one attached hydrogen (secondary N) is 1. The monoisotopic (exact) mass is 264 g/mol. The predicted octanol–water partition coefficient (Wildman–Crippen LogP) is 0.608. The molecule has 3 unspecified atom stereocenters. The zero-order valence-electron chi connectivity index (χ0n) is 11.7. The summed E-state index contributed by atoms with van der Waals surface area (Å²) in [7, 11) is 0. The van der Waals surface area contributed by atoms with Gasteiger partial charge in [-0.1, -0.05) is 0 Å². The van der Waals surface area contributed by atoms with Crippen LogP contribution in [0.5, 0.6) is 0 Å². The van der Waals surface area contributed by atoms with Crippen molar-refractivity contribution >= 4 is 5.91 Å². The van der Waals surface area contributed by atoms with Gasteiger partial charge >= 0.3 is 0 Å². The molecule has 5 heteroatoms. The Balaban J connectivity index is 1.74. The van der Waals surface area contributed by atoms with Crippen LogP contribution in [-0.4, -0.2) is 42.0 Å². The van der Waals surface area contributed by atoms with Gasteiger partial charge in [0, 0.05) is 12.6 Å². The molecule has 5 nitrogen and oxygen atoms in total. The van der Waals surface area contributed by atoms with E-state index < -0.39 is 5.54 Å². The van der Waals surface area contributed by atoms with Crippen LogP contribution in [0.15, 0.2) is 0 Å². The van der Waals surface area contributed by atoms with Gasteiger partial charge in [0.25, 0.3) is 0 Å². The number of piperidine rings is 1. The number of unbranched alkanes of at least 4 members (excludes halogenated alkanes) is 1. The average Bonchev–Trinajstić information content (AvgIpc) is 2.78. The molecule has 0 radical (unpaired) electrons. The molecule has 1 amide bonds. The molecule has 3 N–H and O–H groups in total. The van der Waals surface area contributed by atoms with Gasteiger partial charge in [-0.05, 0) is 52.1 Å². The number of fused-ring (bicyclic) bond motifs is 1. The molecule has 0 bridgehead atoms. The molecule has 19 heavy (non-hydrogen) atoms. The maximum atomic E-state index is 11.7. The molecule has 0 aliphatic carbocycles. The van der Waals surface area contributed by atoms with Crippen molar-refractivity contribution in [3.8, 4) is 6.07 Å². The van der Waals surface area contributed by atoms with E-state index in [9.17, 15) is 4.79 Å². The molecule has 3 atom stereocenters. The molecule has 2 aliphatic heterocycles. The molecule has 0 aromatic carbocycles. The lowest BCUT2D eigenvalue weighted by molar-refractivity contribution is -0.124. The standard InChI is InChI=1S/C14H24N4O/c1-14(16,10-15)6-2-3-7-18-8-4-5-11-12(18)9-17-13(11)19/h11-12H,2-9,16H2,1H3,(H,17,19). The first-order valence-electron chi connectivity index (χ1n) is 7.25. The van der Waals surface area contributed by atoms with Crippen LogP contribution in [0.25, 0.3) is 0 Å². The molecule has 2 rings (SSSR count). The minimum atomic E-state index is -0.699. The normalized spacial score (nSPS) is 30.3. The van der Waals surface area contributed by atoms with Crippen molar-refractivity contribution in [3.05, 3.63) is 0 Å². The molecule has 0 aromatic heterocycles. The summed E-state index contributed by atoms with van der Waals surface area (Å²) in [6.07, 6.45) is 4.90. The molecule has 2 saturated heterocycles. The van der Waals surface area contributed by atoms with Gasteiger partial charge in [0.15, 0.2) is 0 Å². The number of nitrogens with two attached hydrogens (primary N) is 1. The largest absolute Gasteiger partial charge is 0.354 e. The van der Waals surface area contributed by atoms with Gasteiger partial charge in [-0.15, -0.1) is 0 Å². The number of carbonyl (C=O) groups is 1. The first-order valence-corrected chi connectivity index (χ1v) is 7.25. The quantitative estimate of drug-likeness (QED) is 0.713. The number of likely N-dealkylation sites (tertiary alicyclic amines) is 1. The molecule has 2 aliphatic rings. The van der Waals surface area contributed by atoms with E-state index in [0.29, 0.717) is 6.04 Å². The Morgan fingerprint density at radius 2 is 2.37 bits per heavy atom. The van der Waals surface area contributed by atoms with E-state index in [1.807, 2.05) is 0 Å². The van der Waals surface area contributed by atoms with Crippen LogP contribution in [0.2, 0.25) is 0 Å². The fourth-order valence-corrected chi connectivity index (χ4v) is 3.18. The summed E-state index contributed by atoms with van der Waals surface area (Å²) in [5.74, 6) is 0.432. The molecule has 0 aromatic rings. The van der Waals surface area contributed by atoms with Crippen molar-refractivity contribution in [2.45, 2.75) is 50.6 Å². The van der Waals surface area contributed by atoms with Gasteiger partial charge in [0.1, 0.15) is 5.54 Å². The summed E-state index contributed by atoms with van der Waals surface area (Å²) >= 11 is 0. The van der Waals surface area contributed by atoms with E-state index in [2.05, 4.69) is 16.3 Å². The number of nitriles is 1. The SMILES string of the molecule is CC(N)(C#N)CCCCN1CCCC2C(=O)NCC21. The van der Waals surface area contributed by atoms with Crippen LogP contribution in [0.1, 0.15) is 39.0 Å². The van der Waals surface area contributed by atoms with Crippen LogP contribution in [0, 0.1) is 17.2 Å². The first kappa shape index (κ1) is 14.3. The summed E-state index contributed by atoms with van der Waals surface area (Å²) in [4.78, 5) is 14.1. The molecular weight excluding hydrogens is 240 g/mol. The van der Waals surface area contributed by atoms with Gasteiger partial charge in [-0.3, -0.25) is 9.69 Å². The molecular formula is C14H24N4O. The second-order valence-corrected chi connectivity index (χ2v) is 6.08. The third kappa shape index (κ3) is 3.46. The molecule has 2 fully saturated rings. The smallest absolute Gasteiger partial charge is 0.224 e. The Morgan fingerprint density at radius 1 is 1.58 bits per heavy atom. The number of rotatable bonds is 5. The highest BCUT2D eigenvalue weighted by atomic mass is 16.2. The lowest BCUT2D eigenvalue weighted by atomic mass is 9.91. The Hall–Kier alpha value is -1.12. The number of amides is 1. The van der Waals surface area contributed by atoms with E-state index >= 15 is 0 Å². The van der Waals surface area contributed by atoms with E-state index in [0.717, 1.165) is 51.7 Å². The van der Waals surface area contributed by atoms with E-state index in [4.69, 9.17) is 11.0 Å². The summed E-state index contributed by atoms with van der Waals surface area (Å²) in [5, 5.41) is 11.8. The predicted molar refractivity (Wildman–Crippen MR) is 73.2 cm³/mol. The highest BCUT2D eigenvalue weighted by molar-refractivity contribution is 5.82. The van der Waals surface area contributed by atoms with Crippen LogP contribution >= 0.6 is 0 Å². The van der Waals surface area contributed by atoms with Crippen molar-refractivity contribution in [2.75, 3.05) is 19.6 Å². The molecule has 2 heterocycles. The van der Waals surface area contributed by atoms with Gasteiger partial charge in [-0.25, -0.2) is 0 Å². The summed E-state index contributed by atoms with van der Waals surface area (Å²) < 4.78 is 0. The van der Waals surface area contributed by atoms with Gasteiger partial charge < -0.3 is 11.1 Å². The molecule has 0 saturated carbocycles. The topological polar surface area (TPSA) is 82.2 Å². The van der Waals surface area contributed by atoms with E-state index in [1.165, 1.54) is 0 Å². The van der Waals surface area contributed by atoms with Gasteiger partial charge in [0.05, 0.1) is 12.0 Å². The fraction of sp³-hybridized carbons (Fsp3) is 0.857. The lowest BCUT2D eigenvalue weighted by Crippen LogP contribution is -2.45. The van der Waals surface area contributed by atoms with Crippen LogP contribution < -0.4 is 11.1 Å².